The van der Waals surface area contributed by atoms with Crippen LogP contribution in [0.4, 0.5) is 9.39 Å². The first kappa shape index (κ1) is 19.8. The number of anilines is 1. The van der Waals surface area contributed by atoms with Crippen molar-refractivity contribution < 1.29 is 9.50 Å². The van der Waals surface area contributed by atoms with Crippen molar-refractivity contribution in [2.75, 3.05) is 38.1 Å². The Balaban J connectivity index is 0.00000225. The van der Waals surface area contributed by atoms with Crippen LogP contribution in [0.25, 0.3) is 0 Å². The lowest BCUT2D eigenvalue weighted by molar-refractivity contribution is 0.373. The predicted octanol–water partition coefficient (Wildman–Crippen LogP) is 3.11. The lowest BCUT2D eigenvalue weighted by Crippen LogP contribution is -2.52. The van der Waals surface area contributed by atoms with Crippen molar-refractivity contribution in [3.8, 4) is 5.75 Å². The molecule has 0 amide bonds. The second-order valence-corrected chi connectivity index (χ2v) is 6.54. The Morgan fingerprint density at radius 2 is 2.04 bits per heavy atom. The summed E-state index contributed by atoms with van der Waals surface area (Å²) in [4.78, 5) is 8.91. The molecule has 1 aromatic heterocycles. The smallest absolute Gasteiger partial charge is 0.194 e. The molecule has 0 unspecified atom stereocenters. The molecule has 2 heterocycles. The van der Waals surface area contributed by atoms with Crippen LogP contribution in [0, 0.1) is 5.82 Å². The third-order valence-electron chi connectivity index (χ3n) is 4.07. The first-order chi connectivity index (χ1) is 11.7. The third kappa shape index (κ3) is 4.97. The normalized spacial score (nSPS) is 15.0. The molecule has 8 heteroatoms. The van der Waals surface area contributed by atoms with Crippen LogP contribution in [0.1, 0.15) is 5.56 Å². The van der Waals surface area contributed by atoms with Gasteiger partial charge >= 0.3 is 0 Å². The Morgan fingerprint density at radius 3 is 2.64 bits per heavy atom. The molecule has 0 aliphatic carbocycles. The van der Waals surface area contributed by atoms with E-state index >= 15 is 0 Å². The summed E-state index contributed by atoms with van der Waals surface area (Å²) in [5.41, 5.74) is 0.767. The zero-order valence-corrected chi connectivity index (χ0v) is 17.1. The monoisotopic (exact) mass is 476 g/mol. The molecule has 1 aliphatic rings. The van der Waals surface area contributed by atoms with Crippen molar-refractivity contribution in [3.05, 3.63) is 47.1 Å². The molecule has 0 spiro atoms. The number of thiophene rings is 1. The SMILES string of the molecule is CN=C(NCc1ccc(O)c(F)c1)N1CCN(c2cccs2)CC1.I. The molecule has 0 atom stereocenters. The molecule has 3 rings (SSSR count). The van der Waals surface area contributed by atoms with Gasteiger partial charge in [0.2, 0.25) is 0 Å². The minimum atomic E-state index is -0.603. The van der Waals surface area contributed by atoms with Crippen molar-refractivity contribution in [1.82, 2.24) is 10.2 Å². The second-order valence-electron chi connectivity index (χ2n) is 5.61. The maximum absolute atomic E-state index is 13.4. The van der Waals surface area contributed by atoms with Crippen molar-refractivity contribution in [3.63, 3.8) is 0 Å². The van der Waals surface area contributed by atoms with Gasteiger partial charge in [-0.15, -0.1) is 35.3 Å². The maximum Gasteiger partial charge on any atom is 0.194 e. The molecule has 1 saturated heterocycles. The molecule has 0 saturated carbocycles. The number of hydrogen-bond donors (Lipinski definition) is 2. The minimum absolute atomic E-state index is 0. The van der Waals surface area contributed by atoms with Gasteiger partial charge in [-0.25, -0.2) is 4.39 Å². The van der Waals surface area contributed by atoms with Gasteiger partial charge in [0.25, 0.3) is 0 Å². The van der Waals surface area contributed by atoms with Crippen LogP contribution in [-0.4, -0.2) is 49.2 Å². The molecule has 0 bridgehead atoms. The summed E-state index contributed by atoms with van der Waals surface area (Å²) < 4.78 is 13.4. The summed E-state index contributed by atoms with van der Waals surface area (Å²) in [5, 5.41) is 15.9. The van der Waals surface area contributed by atoms with Crippen molar-refractivity contribution in [2.24, 2.45) is 4.99 Å². The number of phenolic OH excluding ortho intramolecular Hbond substituents is 1. The van der Waals surface area contributed by atoms with Gasteiger partial charge in [0.15, 0.2) is 17.5 Å². The molecular weight excluding hydrogens is 454 g/mol. The highest BCUT2D eigenvalue weighted by Crippen LogP contribution is 2.22. The molecule has 136 valence electrons. The number of rotatable bonds is 3. The minimum Gasteiger partial charge on any atom is -0.505 e. The van der Waals surface area contributed by atoms with Crippen LogP contribution < -0.4 is 10.2 Å². The van der Waals surface area contributed by atoms with Gasteiger partial charge in [-0.1, -0.05) is 6.07 Å². The van der Waals surface area contributed by atoms with Gasteiger partial charge in [-0.2, -0.15) is 0 Å². The number of guanidine groups is 1. The highest BCUT2D eigenvalue weighted by atomic mass is 127. The third-order valence-corrected chi connectivity index (χ3v) is 5.00. The number of piperazine rings is 1. The average molecular weight is 476 g/mol. The lowest BCUT2D eigenvalue weighted by Gasteiger charge is -2.37. The first-order valence-electron chi connectivity index (χ1n) is 7.89. The standard InChI is InChI=1S/C17H21FN4OS.HI/c1-19-17(20-12-13-4-5-15(23)14(18)11-13)22-8-6-21(7-9-22)16-3-2-10-24-16;/h2-5,10-11,23H,6-9,12H2,1H3,(H,19,20);1H. The molecule has 1 fully saturated rings. The largest absolute Gasteiger partial charge is 0.505 e. The molecule has 1 aromatic carbocycles. The number of hydrogen-bond acceptors (Lipinski definition) is 4. The van der Waals surface area contributed by atoms with Crippen molar-refractivity contribution in [1.29, 1.82) is 0 Å². The molecular formula is C17H22FIN4OS. The lowest BCUT2D eigenvalue weighted by atomic mass is 10.2. The fraction of sp³-hybridized carbons (Fsp3) is 0.353. The Morgan fingerprint density at radius 1 is 1.28 bits per heavy atom. The van der Waals surface area contributed by atoms with Crippen LogP contribution in [0.15, 0.2) is 40.7 Å². The molecule has 1 aliphatic heterocycles. The Hall–Kier alpha value is -1.55. The quantitative estimate of drug-likeness (QED) is 0.406. The van der Waals surface area contributed by atoms with E-state index in [2.05, 4.69) is 37.6 Å². The van der Waals surface area contributed by atoms with E-state index in [9.17, 15) is 9.50 Å². The average Bonchev–Trinajstić information content (AvgIpc) is 3.14. The van der Waals surface area contributed by atoms with Crippen LogP contribution in [0.2, 0.25) is 0 Å². The van der Waals surface area contributed by atoms with E-state index in [1.807, 2.05) is 0 Å². The van der Waals surface area contributed by atoms with Crippen molar-refractivity contribution in [2.45, 2.75) is 6.54 Å². The summed E-state index contributed by atoms with van der Waals surface area (Å²) in [7, 11) is 1.76. The van der Waals surface area contributed by atoms with Crippen LogP contribution in [0.3, 0.4) is 0 Å². The van der Waals surface area contributed by atoms with E-state index < -0.39 is 5.82 Å². The highest BCUT2D eigenvalue weighted by Gasteiger charge is 2.20. The van der Waals surface area contributed by atoms with Gasteiger partial charge in [-0.3, -0.25) is 4.99 Å². The first-order valence-corrected chi connectivity index (χ1v) is 8.77. The van der Waals surface area contributed by atoms with Gasteiger partial charge in [0, 0.05) is 39.8 Å². The molecule has 0 radical (unpaired) electrons. The second kappa shape index (κ2) is 9.23. The molecule has 25 heavy (non-hydrogen) atoms. The summed E-state index contributed by atoms with van der Waals surface area (Å²) in [6.45, 7) is 4.15. The number of benzene rings is 1. The van der Waals surface area contributed by atoms with Gasteiger partial charge in [0.05, 0.1) is 5.00 Å². The fourth-order valence-corrected chi connectivity index (χ4v) is 3.55. The van der Waals surface area contributed by atoms with Crippen LogP contribution in [-0.2, 0) is 6.54 Å². The van der Waals surface area contributed by atoms with E-state index in [0.717, 1.165) is 37.7 Å². The summed E-state index contributed by atoms with van der Waals surface area (Å²) in [6, 6.07) is 8.63. The van der Waals surface area contributed by atoms with Crippen LogP contribution >= 0.6 is 35.3 Å². The van der Waals surface area contributed by atoms with E-state index in [1.165, 1.54) is 17.1 Å². The summed E-state index contributed by atoms with van der Waals surface area (Å²) in [5.74, 6) is -0.115. The Labute approximate surface area is 168 Å². The van der Waals surface area contributed by atoms with E-state index in [0.29, 0.717) is 6.54 Å². The highest BCUT2D eigenvalue weighted by molar-refractivity contribution is 14.0. The van der Waals surface area contributed by atoms with Crippen LogP contribution in [0.5, 0.6) is 5.75 Å². The Kier molecular flexibility index (Phi) is 7.30. The molecule has 2 N–H and O–H groups in total. The van der Waals surface area contributed by atoms with E-state index in [4.69, 9.17) is 0 Å². The number of aliphatic imine (C=N–C) groups is 1. The van der Waals surface area contributed by atoms with E-state index in [1.54, 1.807) is 24.5 Å². The predicted molar refractivity (Wildman–Crippen MR) is 112 cm³/mol. The Bertz CT molecular complexity index is 703. The number of phenols is 1. The van der Waals surface area contributed by atoms with Crippen molar-refractivity contribution >= 4 is 46.3 Å². The van der Waals surface area contributed by atoms with Gasteiger partial charge < -0.3 is 20.2 Å². The zero-order chi connectivity index (χ0) is 16.9. The maximum atomic E-state index is 13.4. The van der Waals surface area contributed by atoms with E-state index in [-0.39, 0.29) is 29.7 Å². The topological polar surface area (TPSA) is 51.1 Å². The molecule has 2 aromatic rings. The number of aromatic hydroxyl groups is 1. The number of nitrogens with zero attached hydrogens (tertiary/aromatic N) is 3. The van der Waals surface area contributed by atoms with Gasteiger partial charge in [0.1, 0.15) is 0 Å². The zero-order valence-electron chi connectivity index (χ0n) is 14.0. The number of halogens is 2. The molecule has 5 nitrogen and oxygen atoms in total. The summed E-state index contributed by atoms with van der Waals surface area (Å²) in [6.07, 6.45) is 0. The van der Waals surface area contributed by atoms with Gasteiger partial charge in [-0.05, 0) is 35.2 Å². The fourth-order valence-electron chi connectivity index (χ4n) is 2.76. The summed E-state index contributed by atoms with van der Waals surface area (Å²) >= 11 is 1.76. The number of nitrogens with one attached hydrogen (secondary N) is 1.